The molecule has 2 rings (SSSR count). The summed E-state index contributed by atoms with van der Waals surface area (Å²) in [5, 5.41) is 15.3. The van der Waals surface area contributed by atoms with Gasteiger partial charge in [0.25, 0.3) is 0 Å². The van der Waals surface area contributed by atoms with Gasteiger partial charge in [-0.3, -0.25) is 14.9 Å². The van der Waals surface area contributed by atoms with Gasteiger partial charge in [-0.15, -0.1) is 0 Å². The van der Waals surface area contributed by atoms with Crippen molar-refractivity contribution in [1.82, 2.24) is 5.32 Å². The molecule has 8 heteroatoms. The van der Waals surface area contributed by atoms with Crippen LogP contribution in [0.4, 0.5) is 5.69 Å². The fraction of sp³-hybridized carbons (Fsp3) is 0.200. The minimum absolute atomic E-state index is 0.209. The first kappa shape index (κ1) is 17.3. The van der Waals surface area contributed by atoms with E-state index >= 15 is 0 Å². The number of hydrogen-bond donors (Lipinski definition) is 3. The lowest BCUT2D eigenvalue weighted by atomic mass is 10.2. The number of nitrogens with one attached hydrogen (secondary N) is 2. The van der Waals surface area contributed by atoms with Crippen LogP contribution in [0, 0.1) is 0 Å². The molecule has 0 saturated carbocycles. The second-order valence-corrected chi connectivity index (χ2v) is 5.63. The number of anilines is 1. The summed E-state index contributed by atoms with van der Waals surface area (Å²) >= 11 is 11.7. The molecule has 6 nitrogen and oxygen atoms in total. The Balaban J connectivity index is 1.93. The number of carboxylic acid groups (broad SMARTS) is 1. The van der Waals surface area contributed by atoms with Crippen LogP contribution in [0.2, 0.25) is 10.0 Å². The van der Waals surface area contributed by atoms with Crippen LogP contribution in [-0.4, -0.2) is 23.0 Å². The molecule has 1 aromatic carbocycles. The number of rotatable bonds is 7. The van der Waals surface area contributed by atoms with E-state index in [0.29, 0.717) is 21.5 Å². The van der Waals surface area contributed by atoms with E-state index in [0.717, 1.165) is 0 Å². The number of aliphatic carboxylic acids is 1. The number of hydrogen-bond acceptors (Lipinski definition) is 4. The van der Waals surface area contributed by atoms with Crippen molar-refractivity contribution in [3.63, 3.8) is 0 Å². The minimum Gasteiger partial charge on any atom is -0.480 e. The molecule has 1 amide bonds. The van der Waals surface area contributed by atoms with Crippen LogP contribution < -0.4 is 10.6 Å². The zero-order valence-electron chi connectivity index (χ0n) is 11.9. The van der Waals surface area contributed by atoms with E-state index in [4.69, 9.17) is 27.6 Å². The Kier molecular flexibility index (Phi) is 6.04. The van der Waals surface area contributed by atoms with Gasteiger partial charge in [-0.2, -0.15) is 0 Å². The van der Waals surface area contributed by atoms with Crippen molar-refractivity contribution in [2.24, 2.45) is 0 Å². The Hall–Kier alpha value is -2.02. The molecule has 23 heavy (non-hydrogen) atoms. The van der Waals surface area contributed by atoms with Gasteiger partial charge in [-0.1, -0.05) is 23.2 Å². The molecular weight excluding hydrogens is 343 g/mol. The van der Waals surface area contributed by atoms with Gasteiger partial charge in [0.2, 0.25) is 5.91 Å². The highest BCUT2D eigenvalue weighted by atomic mass is 35.5. The molecule has 122 valence electrons. The van der Waals surface area contributed by atoms with E-state index in [1.165, 1.54) is 24.5 Å². The summed E-state index contributed by atoms with van der Waals surface area (Å²) in [5.74, 6) is -1.02. The SMILES string of the molecule is O=C(C[C@H](NCc1ccco1)C(=O)O)Nc1cc(Cl)cc(Cl)c1. The maximum atomic E-state index is 12.0. The topological polar surface area (TPSA) is 91.6 Å². The third-order valence-corrected chi connectivity index (χ3v) is 3.37. The standard InChI is InChI=1S/C15H14Cl2N2O4/c16-9-4-10(17)6-11(5-9)19-14(20)7-13(15(21)22)18-8-12-2-1-3-23-12/h1-6,13,18H,7-8H2,(H,19,20)(H,21,22)/t13-/m0/s1. The number of benzene rings is 1. The van der Waals surface area contributed by atoms with Crippen molar-refractivity contribution in [3.8, 4) is 0 Å². The Morgan fingerprint density at radius 2 is 1.91 bits per heavy atom. The third kappa shape index (κ3) is 5.59. The molecule has 1 heterocycles. The fourth-order valence-corrected chi connectivity index (χ4v) is 2.43. The first-order valence-corrected chi connectivity index (χ1v) is 7.44. The molecule has 0 spiro atoms. The Bertz CT molecular complexity index is 669. The summed E-state index contributed by atoms with van der Waals surface area (Å²) in [6, 6.07) is 6.94. The third-order valence-electron chi connectivity index (χ3n) is 2.94. The monoisotopic (exact) mass is 356 g/mol. The van der Waals surface area contributed by atoms with Gasteiger partial charge in [0.15, 0.2) is 0 Å². The van der Waals surface area contributed by atoms with Crippen LogP contribution in [-0.2, 0) is 16.1 Å². The molecule has 0 radical (unpaired) electrons. The Morgan fingerprint density at radius 3 is 2.48 bits per heavy atom. The molecule has 0 aliphatic carbocycles. The molecule has 0 unspecified atom stereocenters. The maximum Gasteiger partial charge on any atom is 0.321 e. The van der Waals surface area contributed by atoms with Crippen LogP contribution in [0.5, 0.6) is 0 Å². The van der Waals surface area contributed by atoms with E-state index in [-0.39, 0.29) is 13.0 Å². The van der Waals surface area contributed by atoms with Crippen LogP contribution in [0.15, 0.2) is 41.0 Å². The van der Waals surface area contributed by atoms with Crippen LogP contribution >= 0.6 is 23.2 Å². The van der Waals surface area contributed by atoms with E-state index < -0.39 is 17.9 Å². The van der Waals surface area contributed by atoms with E-state index in [2.05, 4.69) is 10.6 Å². The van der Waals surface area contributed by atoms with E-state index in [1.807, 2.05) is 0 Å². The maximum absolute atomic E-state index is 12.0. The first-order valence-electron chi connectivity index (χ1n) is 6.68. The van der Waals surface area contributed by atoms with Gasteiger partial charge >= 0.3 is 5.97 Å². The second-order valence-electron chi connectivity index (χ2n) is 4.76. The van der Waals surface area contributed by atoms with Crippen molar-refractivity contribution in [1.29, 1.82) is 0 Å². The average molecular weight is 357 g/mol. The van der Waals surface area contributed by atoms with E-state index in [9.17, 15) is 14.7 Å². The summed E-state index contributed by atoms with van der Waals surface area (Å²) in [4.78, 5) is 23.2. The Labute approximate surface area is 142 Å². The molecule has 2 aromatic rings. The first-order chi connectivity index (χ1) is 10.9. The zero-order chi connectivity index (χ0) is 16.8. The van der Waals surface area contributed by atoms with Gasteiger partial charge < -0.3 is 14.8 Å². The van der Waals surface area contributed by atoms with Crippen molar-refractivity contribution in [3.05, 3.63) is 52.4 Å². The van der Waals surface area contributed by atoms with Gasteiger partial charge in [-0.05, 0) is 30.3 Å². The van der Waals surface area contributed by atoms with Gasteiger partial charge in [-0.25, -0.2) is 0 Å². The lowest BCUT2D eigenvalue weighted by molar-refractivity contribution is -0.141. The normalized spacial score (nSPS) is 11.9. The summed E-state index contributed by atoms with van der Waals surface area (Å²) < 4.78 is 5.11. The summed E-state index contributed by atoms with van der Waals surface area (Å²) in [7, 11) is 0. The molecule has 0 fully saturated rings. The largest absolute Gasteiger partial charge is 0.480 e. The molecular formula is C15H14Cl2N2O4. The van der Waals surface area contributed by atoms with Crippen molar-refractivity contribution in [2.75, 3.05) is 5.32 Å². The zero-order valence-corrected chi connectivity index (χ0v) is 13.4. The number of carbonyl (C=O) groups is 2. The van der Waals surface area contributed by atoms with Crippen molar-refractivity contribution in [2.45, 2.75) is 19.0 Å². The number of furan rings is 1. The smallest absolute Gasteiger partial charge is 0.321 e. The predicted octanol–water partition coefficient (Wildman–Crippen LogP) is 3.16. The van der Waals surface area contributed by atoms with Crippen molar-refractivity contribution < 1.29 is 19.1 Å². The van der Waals surface area contributed by atoms with Crippen molar-refractivity contribution >= 4 is 40.8 Å². The summed E-state index contributed by atoms with van der Waals surface area (Å²) in [6.45, 7) is 0.209. The molecule has 0 bridgehead atoms. The fourth-order valence-electron chi connectivity index (χ4n) is 1.91. The van der Waals surface area contributed by atoms with E-state index in [1.54, 1.807) is 12.1 Å². The Morgan fingerprint density at radius 1 is 1.22 bits per heavy atom. The molecule has 0 aliphatic rings. The molecule has 1 aromatic heterocycles. The summed E-state index contributed by atoms with van der Waals surface area (Å²) in [6.07, 6.45) is 1.24. The molecule has 0 saturated heterocycles. The predicted molar refractivity (Wildman–Crippen MR) is 86.7 cm³/mol. The average Bonchev–Trinajstić information content (AvgIpc) is 2.95. The molecule has 1 atom stereocenters. The number of halogens is 2. The number of amides is 1. The lowest BCUT2D eigenvalue weighted by Gasteiger charge is -2.14. The lowest BCUT2D eigenvalue weighted by Crippen LogP contribution is -2.39. The van der Waals surface area contributed by atoms with Crippen LogP contribution in [0.25, 0.3) is 0 Å². The number of carbonyl (C=O) groups excluding carboxylic acids is 1. The van der Waals surface area contributed by atoms with Crippen LogP contribution in [0.1, 0.15) is 12.2 Å². The highest BCUT2D eigenvalue weighted by Crippen LogP contribution is 2.22. The second kappa shape index (κ2) is 8.01. The van der Waals surface area contributed by atoms with Crippen LogP contribution in [0.3, 0.4) is 0 Å². The quantitative estimate of drug-likeness (QED) is 0.708. The van der Waals surface area contributed by atoms with Gasteiger partial charge in [0, 0.05) is 15.7 Å². The molecule has 0 aliphatic heterocycles. The summed E-state index contributed by atoms with van der Waals surface area (Å²) in [5.41, 5.74) is 0.405. The van der Waals surface area contributed by atoms with Gasteiger partial charge in [0.1, 0.15) is 11.8 Å². The van der Waals surface area contributed by atoms with Gasteiger partial charge in [0.05, 0.1) is 19.2 Å². The molecule has 3 N–H and O–H groups in total. The minimum atomic E-state index is -1.13. The highest BCUT2D eigenvalue weighted by molar-refractivity contribution is 6.35. The number of carboxylic acids is 1. The highest BCUT2D eigenvalue weighted by Gasteiger charge is 2.21.